The Hall–Kier alpha value is -3.06. The Balaban J connectivity index is 1.86. The molecule has 2 aromatic carbocycles. The van der Waals surface area contributed by atoms with Crippen LogP contribution in [0, 0.1) is 11.3 Å². The minimum absolute atomic E-state index is 0.108. The number of ether oxygens (including phenoxy) is 1. The molecule has 132 valence electrons. The molecule has 2 atom stereocenters. The first kappa shape index (κ1) is 17.8. The van der Waals surface area contributed by atoms with Crippen LogP contribution in [0.4, 0.5) is 0 Å². The summed E-state index contributed by atoms with van der Waals surface area (Å²) >= 11 is 0. The smallest absolute Gasteiger partial charge is 0.248 e. The maximum atomic E-state index is 11.4. The number of nitriles is 1. The number of aromatic nitrogens is 1. The molecular weight excluding hydrogens is 324 g/mol. The molecule has 26 heavy (non-hydrogen) atoms. The van der Waals surface area contributed by atoms with Gasteiger partial charge in [0, 0.05) is 11.6 Å². The zero-order valence-corrected chi connectivity index (χ0v) is 15.2. The summed E-state index contributed by atoms with van der Waals surface area (Å²) in [6, 6.07) is 19.3. The second-order valence-electron chi connectivity index (χ2n) is 6.75. The van der Waals surface area contributed by atoms with E-state index >= 15 is 0 Å². The number of nitrogens with one attached hydrogen (secondary N) is 1. The second-order valence-corrected chi connectivity index (χ2v) is 6.75. The predicted molar refractivity (Wildman–Crippen MR) is 103 cm³/mol. The summed E-state index contributed by atoms with van der Waals surface area (Å²) in [6.07, 6.45) is 0.585. The lowest BCUT2D eigenvalue weighted by Gasteiger charge is -2.22. The van der Waals surface area contributed by atoms with E-state index in [9.17, 15) is 10.1 Å². The number of hydrogen-bond donors (Lipinski definition) is 1. The third-order valence-corrected chi connectivity index (χ3v) is 4.96. The number of hydrogen-bond acceptors (Lipinski definition) is 3. The molecule has 4 heteroatoms. The Bertz CT molecular complexity index is 1030. The molecule has 0 amide bonds. The summed E-state index contributed by atoms with van der Waals surface area (Å²) in [6.45, 7) is 5.95. The minimum Gasteiger partial charge on any atom is -0.486 e. The van der Waals surface area contributed by atoms with Gasteiger partial charge >= 0.3 is 0 Å². The normalized spacial score (nSPS) is 14.4. The van der Waals surface area contributed by atoms with Crippen LogP contribution >= 0.6 is 0 Å². The molecule has 0 fully saturated rings. The number of benzene rings is 2. The van der Waals surface area contributed by atoms with Crippen molar-refractivity contribution >= 4 is 10.9 Å². The molecular formula is C22H22N2O2. The molecule has 0 bridgehead atoms. The van der Waals surface area contributed by atoms with Gasteiger partial charge in [0.1, 0.15) is 11.9 Å². The minimum atomic E-state index is -0.516. The molecule has 4 nitrogen and oxygen atoms in total. The highest BCUT2D eigenvalue weighted by Crippen LogP contribution is 2.31. The summed E-state index contributed by atoms with van der Waals surface area (Å²) in [5.41, 5.74) is 2.17. The number of aromatic amines is 1. The molecule has 0 aliphatic carbocycles. The van der Waals surface area contributed by atoms with Gasteiger partial charge in [0.25, 0.3) is 0 Å². The number of pyridine rings is 1. The van der Waals surface area contributed by atoms with Gasteiger partial charge in [-0.3, -0.25) is 4.79 Å². The number of H-pyrrole nitrogens is 1. The summed E-state index contributed by atoms with van der Waals surface area (Å²) in [5, 5.41) is 10.5. The summed E-state index contributed by atoms with van der Waals surface area (Å²) in [7, 11) is 0. The van der Waals surface area contributed by atoms with Gasteiger partial charge in [-0.1, -0.05) is 25.1 Å². The number of fused-ring (bicyclic) bond motifs is 1. The molecule has 0 aliphatic rings. The Kier molecular flexibility index (Phi) is 4.81. The first-order valence-corrected chi connectivity index (χ1v) is 8.76. The van der Waals surface area contributed by atoms with Crippen LogP contribution in [0.2, 0.25) is 0 Å². The van der Waals surface area contributed by atoms with Gasteiger partial charge in [0.2, 0.25) is 5.56 Å². The lowest BCUT2D eigenvalue weighted by Crippen LogP contribution is -2.18. The summed E-state index contributed by atoms with van der Waals surface area (Å²) in [5.74, 6) is 0.742. The standard InChI is InChI=1S/C22H22N2O2/c1-4-22(3,14-23)18-6-5-7-19(13-18)26-15(2)16-8-10-20-17(12-16)9-11-21(25)24-20/h5-13,15H,4H2,1-3H3,(H,24,25). The lowest BCUT2D eigenvalue weighted by molar-refractivity contribution is 0.226. The maximum Gasteiger partial charge on any atom is 0.248 e. The van der Waals surface area contributed by atoms with Gasteiger partial charge in [0.05, 0.1) is 11.5 Å². The van der Waals surface area contributed by atoms with Crippen LogP contribution in [0.25, 0.3) is 10.9 Å². The molecule has 1 heterocycles. The fourth-order valence-corrected chi connectivity index (χ4v) is 2.96. The maximum absolute atomic E-state index is 11.4. The van der Waals surface area contributed by atoms with Crippen molar-refractivity contribution in [1.29, 1.82) is 5.26 Å². The molecule has 1 aromatic heterocycles. The molecule has 0 saturated heterocycles. The van der Waals surface area contributed by atoms with E-state index in [1.807, 2.05) is 69.3 Å². The first-order chi connectivity index (χ1) is 12.4. The van der Waals surface area contributed by atoms with Crippen LogP contribution in [-0.4, -0.2) is 4.98 Å². The van der Waals surface area contributed by atoms with Gasteiger partial charge in [-0.15, -0.1) is 0 Å². The molecule has 3 rings (SSSR count). The third-order valence-electron chi connectivity index (χ3n) is 4.96. The van der Waals surface area contributed by atoms with E-state index in [2.05, 4.69) is 11.1 Å². The Labute approximate surface area is 153 Å². The average Bonchev–Trinajstić information content (AvgIpc) is 2.67. The van der Waals surface area contributed by atoms with Crippen molar-refractivity contribution in [3.05, 3.63) is 76.1 Å². The third kappa shape index (κ3) is 3.48. The average molecular weight is 346 g/mol. The van der Waals surface area contributed by atoms with Crippen molar-refractivity contribution in [3.8, 4) is 11.8 Å². The Morgan fingerprint density at radius 3 is 2.73 bits per heavy atom. The number of nitrogens with zero attached hydrogens (tertiary/aromatic N) is 1. The zero-order chi connectivity index (χ0) is 18.7. The van der Waals surface area contributed by atoms with Crippen molar-refractivity contribution in [2.45, 2.75) is 38.7 Å². The second kappa shape index (κ2) is 7.05. The van der Waals surface area contributed by atoms with Crippen molar-refractivity contribution in [2.24, 2.45) is 0 Å². The largest absolute Gasteiger partial charge is 0.486 e. The molecule has 0 radical (unpaired) electrons. The van der Waals surface area contributed by atoms with Crippen molar-refractivity contribution in [1.82, 2.24) is 4.98 Å². The molecule has 1 N–H and O–H groups in total. The van der Waals surface area contributed by atoms with E-state index in [0.717, 1.165) is 34.2 Å². The summed E-state index contributed by atoms with van der Waals surface area (Å²) < 4.78 is 6.12. The fourth-order valence-electron chi connectivity index (χ4n) is 2.96. The van der Waals surface area contributed by atoms with E-state index < -0.39 is 5.41 Å². The van der Waals surface area contributed by atoms with Crippen molar-refractivity contribution in [2.75, 3.05) is 0 Å². The van der Waals surface area contributed by atoms with Crippen LogP contribution < -0.4 is 10.3 Å². The summed E-state index contributed by atoms with van der Waals surface area (Å²) in [4.78, 5) is 14.2. The highest BCUT2D eigenvalue weighted by atomic mass is 16.5. The van der Waals surface area contributed by atoms with Crippen LogP contribution in [0.1, 0.15) is 44.4 Å². The number of rotatable bonds is 5. The highest BCUT2D eigenvalue weighted by Gasteiger charge is 2.24. The fraction of sp³-hybridized carbons (Fsp3) is 0.273. The van der Waals surface area contributed by atoms with Crippen molar-refractivity contribution in [3.63, 3.8) is 0 Å². The van der Waals surface area contributed by atoms with E-state index in [4.69, 9.17) is 4.74 Å². The molecule has 0 aliphatic heterocycles. The van der Waals surface area contributed by atoms with Crippen LogP contribution in [-0.2, 0) is 5.41 Å². The topological polar surface area (TPSA) is 65.9 Å². The lowest BCUT2D eigenvalue weighted by atomic mass is 9.81. The van der Waals surface area contributed by atoms with Crippen LogP contribution in [0.5, 0.6) is 5.75 Å². The molecule has 3 aromatic rings. The van der Waals surface area contributed by atoms with Gasteiger partial charge in [-0.25, -0.2) is 0 Å². The van der Waals surface area contributed by atoms with Gasteiger partial charge in [-0.2, -0.15) is 5.26 Å². The van der Waals surface area contributed by atoms with Gasteiger partial charge in [0.15, 0.2) is 0 Å². The van der Waals surface area contributed by atoms with Gasteiger partial charge < -0.3 is 9.72 Å². The van der Waals surface area contributed by atoms with E-state index in [-0.39, 0.29) is 11.7 Å². The molecule has 0 saturated carbocycles. The first-order valence-electron chi connectivity index (χ1n) is 8.76. The molecule has 2 unspecified atom stereocenters. The monoisotopic (exact) mass is 346 g/mol. The van der Waals surface area contributed by atoms with E-state index in [1.54, 1.807) is 0 Å². The van der Waals surface area contributed by atoms with Crippen LogP contribution in [0.15, 0.2) is 59.4 Å². The van der Waals surface area contributed by atoms with E-state index in [1.165, 1.54) is 6.07 Å². The van der Waals surface area contributed by atoms with E-state index in [0.29, 0.717) is 0 Å². The Morgan fingerprint density at radius 2 is 2.00 bits per heavy atom. The predicted octanol–water partition coefficient (Wildman–Crippen LogP) is 4.86. The SMILES string of the molecule is CCC(C)(C#N)c1cccc(OC(C)c2ccc3[nH]c(=O)ccc3c2)c1. The Morgan fingerprint density at radius 1 is 1.19 bits per heavy atom. The zero-order valence-electron chi connectivity index (χ0n) is 15.2. The molecule has 0 spiro atoms. The quantitative estimate of drug-likeness (QED) is 0.717. The van der Waals surface area contributed by atoms with Gasteiger partial charge in [-0.05, 0) is 67.1 Å². The van der Waals surface area contributed by atoms with Crippen LogP contribution in [0.3, 0.4) is 0 Å². The van der Waals surface area contributed by atoms with Crippen molar-refractivity contribution < 1.29 is 4.74 Å². The highest BCUT2D eigenvalue weighted by molar-refractivity contribution is 5.79.